The molecule has 0 atom stereocenters. The number of aromatic amines is 1. The molecule has 2 N–H and O–H groups in total. The molecule has 1 heterocycles. The molecular weight excluding hydrogens is 162 g/mol. The fourth-order valence-electron chi connectivity index (χ4n) is 1.12. The molecule has 0 unspecified atom stereocenters. The summed E-state index contributed by atoms with van der Waals surface area (Å²) in [4.78, 5) is 6.96. The number of aromatic nitrogens is 2. The van der Waals surface area contributed by atoms with Gasteiger partial charge in [-0.25, -0.2) is 4.98 Å². The van der Waals surface area contributed by atoms with Crippen LogP contribution in [0.2, 0.25) is 5.15 Å². The summed E-state index contributed by atoms with van der Waals surface area (Å²) in [6, 6.07) is 0.609. The van der Waals surface area contributed by atoms with Crippen LogP contribution in [0.25, 0.3) is 0 Å². The van der Waals surface area contributed by atoms with Crippen molar-refractivity contribution in [3.05, 3.63) is 11.3 Å². The molecule has 1 saturated carbocycles. The second kappa shape index (κ2) is 2.74. The molecule has 1 aliphatic carbocycles. The first-order chi connectivity index (χ1) is 5.34. The number of nitrogens with one attached hydrogen (secondary N) is 2. The highest BCUT2D eigenvalue weighted by Crippen LogP contribution is 2.22. The van der Waals surface area contributed by atoms with E-state index in [4.69, 9.17) is 11.6 Å². The van der Waals surface area contributed by atoms with E-state index in [-0.39, 0.29) is 0 Å². The van der Waals surface area contributed by atoms with Gasteiger partial charge in [-0.15, -0.1) is 0 Å². The first-order valence-corrected chi connectivity index (χ1v) is 4.19. The molecule has 0 saturated heterocycles. The van der Waals surface area contributed by atoms with Gasteiger partial charge in [-0.3, -0.25) is 0 Å². The zero-order valence-electron chi connectivity index (χ0n) is 6.10. The van der Waals surface area contributed by atoms with Gasteiger partial charge in [-0.1, -0.05) is 11.6 Å². The van der Waals surface area contributed by atoms with E-state index in [1.54, 1.807) is 6.20 Å². The van der Waals surface area contributed by atoms with Crippen LogP contribution >= 0.6 is 11.6 Å². The topological polar surface area (TPSA) is 40.7 Å². The van der Waals surface area contributed by atoms with Gasteiger partial charge in [0.1, 0.15) is 5.15 Å². The van der Waals surface area contributed by atoms with E-state index in [0.29, 0.717) is 11.2 Å². The van der Waals surface area contributed by atoms with Gasteiger partial charge < -0.3 is 10.3 Å². The van der Waals surface area contributed by atoms with Crippen LogP contribution < -0.4 is 5.32 Å². The van der Waals surface area contributed by atoms with Crippen LogP contribution in [-0.4, -0.2) is 16.0 Å². The van der Waals surface area contributed by atoms with E-state index in [9.17, 15) is 0 Å². The number of hydrogen-bond donors (Lipinski definition) is 2. The van der Waals surface area contributed by atoms with E-state index >= 15 is 0 Å². The third-order valence-electron chi connectivity index (χ3n) is 1.99. The monoisotopic (exact) mass is 171 g/mol. The lowest BCUT2D eigenvalue weighted by molar-refractivity contribution is 0.443. The van der Waals surface area contributed by atoms with Crippen molar-refractivity contribution < 1.29 is 0 Å². The lowest BCUT2D eigenvalue weighted by Crippen LogP contribution is -2.27. The van der Waals surface area contributed by atoms with Gasteiger partial charge in [0.15, 0.2) is 0 Å². The number of H-pyrrole nitrogens is 1. The maximum Gasteiger partial charge on any atom is 0.201 e. The molecule has 0 bridgehead atoms. The van der Waals surface area contributed by atoms with Gasteiger partial charge >= 0.3 is 0 Å². The summed E-state index contributed by atoms with van der Waals surface area (Å²) < 4.78 is 0. The van der Waals surface area contributed by atoms with E-state index in [0.717, 1.165) is 5.95 Å². The van der Waals surface area contributed by atoms with Crippen LogP contribution in [0.4, 0.5) is 5.95 Å². The van der Waals surface area contributed by atoms with Crippen molar-refractivity contribution in [1.29, 1.82) is 0 Å². The number of nitrogens with zero attached hydrogens (tertiary/aromatic N) is 1. The quantitative estimate of drug-likeness (QED) is 0.715. The van der Waals surface area contributed by atoms with E-state index < -0.39 is 0 Å². The molecule has 1 fully saturated rings. The number of rotatable bonds is 2. The normalized spacial score (nSPS) is 17.9. The minimum atomic E-state index is 0.590. The number of anilines is 1. The number of imidazole rings is 1. The molecule has 11 heavy (non-hydrogen) atoms. The Hall–Kier alpha value is -0.700. The van der Waals surface area contributed by atoms with Crippen LogP contribution in [0.15, 0.2) is 6.20 Å². The van der Waals surface area contributed by atoms with Crippen LogP contribution in [0.1, 0.15) is 19.3 Å². The van der Waals surface area contributed by atoms with Gasteiger partial charge in [-0.05, 0) is 19.3 Å². The fourth-order valence-corrected chi connectivity index (χ4v) is 1.26. The van der Waals surface area contributed by atoms with Gasteiger partial charge in [-0.2, -0.15) is 0 Å². The molecule has 0 aromatic carbocycles. The Morgan fingerprint density at radius 2 is 2.45 bits per heavy atom. The largest absolute Gasteiger partial charge is 0.353 e. The van der Waals surface area contributed by atoms with Crippen molar-refractivity contribution in [1.82, 2.24) is 9.97 Å². The summed E-state index contributed by atoms with van der Waals surface area (Å²) in [5.74, 6) is 0.791. The Morgan fingerprint density at radius 3 is 2.91 bits per heavy atom. The first kappa shape index (κ1) is 6.98. The molecule has 0 amide bonds. The number of halogens is 1. The predicted molar refractivity (Wildman–Crippen MR) is 44.9 cm³/mol. The van der Waals surface area contributed by atoms with E-state index in [2.05, 4.69) is 15.3 Å². The molecule has 60 valence electrons. The lowest BCUT2D eigenvalue weighted by atomic mass is 9.93. The lowest BCUT2D eigenvalue weighted by Gasteiger charge is -2.25. The molecule has 0 spiro atoms. The Labute approximate surface area is 70.2 Å². The summed E-state index contributed by atoms with van der Waals surface area (Å²) >= 11 is 5.65. The smallest absolute Gasteiger partial charge is 0.201 e. The van der Waals surface area contributed by atoms with Gasteiger partial charge in [0.25, 0.3) is 0 Å². The summed E-state index contributed by atoms with van der Waals surface area (Å²) in [6.07, 6.45) is 5.44. The standard InChI is InChI=1S/C7H10ClN3/c8-6-4-9-7(11-6)10-5-2-1-3-5/h4-5H,1-3H2,(H2,9,10,11). The molecule has 0 radical (unpaired) electrons. The van der Waals surface area contributed by atoms with Crippen molar-refractivity contribution in [3.8, 4) is 0 Å². The highest BCUT2D eigenvalue weighted by atomic mass is 35.5. The minimum Gasteiger partial charge on any atom is -0.353 e. The number of hydrogen-bond acceptors (Lipinski definition) is 2. The zero-order chi connectivity index (χ0) is 7.68. The zero-order valence-corrected chi connectivity index (χ0v) is 6.86. The van der Waals surface area contributed by atoms with E-state index in [1.165, 1.54) is 19.3 Å². The fraction of sp³-hybridized carbons (Fsp3) is 0.571. The highest BCUT2D eigenvalue weighted by Gasteiger charge is 2.17. The first-order valence-electron chi connectivity index (χ1n) is 3.81. The van der Waals surface area contributed by atoms with Crippen molar-refractivity contribution in [2.24, 2.45) is 0 Å². The van der Waals surface area contributed by atoms with Crippen molar-refractivity contribution in [2.75, 3.05) is 5.32 Å². The van der Waals surface area contributed by atoms with Crippen molar-refractivity contribution in [2.45, 2.75) is 25.3 Å². The Bertz CT molecular complexity index is 242. The van der Waals surface area contributed by atoms with Gasteiger partial charge in [0, 0.05) is 6.04 Å². The Balaban J connectivity index is 1.95. The molecule has 0 aliphatic heterocycles. The Morgan fingerprint density at radius 1 is 1.64 bits per heavy atom. The second-order valence-electron chi connectivity index (χ2n) is 2.85. The molecular formula is C7H10ClN3. The third-order valence-corrected chi connectivity index (χ3v) is 2.18. The van der Waals surface area contributed by atoms with Crippen molar-refractivity contribution >= 4 is 17.5 Å². The second-order valence-corrected chi connectivity index (χ2v) is 3.26. The minimum absolute atomic E-state index is 0.590. The average molecular weight is 172 g/mol. The summed E-state index contributed by atoms with van der Waals surface area (Å²) in [5, 5.41) is 3.84. The average Bonchev–Trinajstić information content (AvgIpc) is 2.27. The molecule has 1 aromatic heterocycles. The molecule has 1 aromatic rings. The molecule has 4 heteroatoms. The summed E-state index contributed by atoms with van der Waals surface area (Å²) in [7, 11) is 0. The SMILES string of the molecule is Clc1cnc(NC2CCC2)[nH]1. The van der Waals surface area contributed by atoms with E-state index in [1.807, 2.05) is 0 Å². The highest BCUT2D eigenvalue weighted by molar-refractivity contribution is 6.29. The summed E-state index contributed by atoms with van der Waals surface area (Å²) in [6.45, 7) is 0. The maximum absolute atomic E-state index is 5.65. The van der Waals surface area contributed by atoms with Crippen molar-refractivity contribution in [3.63, 3.8) is 0 Å². The van der Waals surface area contributed by atoms with Crippen LogP contribution in [0, 0.1) is 0 Å². The molecule has 1 aliphatic rings. The maximum atomic E-state index is 5.65. The molecule has 3 nitrogen and oxygen atoms in total. The van der Waals surface area contributed by atoms with Crippen LogP contribution in [0.3, 0.4) is 0 Å². The molecule has 2 rings (SSSR count). The van der Waals surface area contributed by atoms with Crippen LogP contribution in [0.5, 0.6) is 0 Å². The van der Waals surface area contributed by atoms with Gasteiger partial charge in [0.2, 0.25) is 5.95 Å². The summed E-state index contributed by atoms with van der Waals surface area (Å²) in [5.41, 5.74) is 0. The van der Waals surface area contributed by atoms with Gasteiger partial charge in [0.05, 0.1) is 6.20 Å². The Kier molecular flexibility index (Phi) is 1.74. The van der Waals surface area contributed by atoms with Crippen LogP contribution in [-0.2, 0) is 0 Å². The predicted octanol–water partition coefficient (Wildman–Crippen LogP) is 2.03. The third kappa shape index (κ3) is 1.48.